The molecule has 1 aromatic rings. The van der Waals surface area contributed by atoms with E-state index in [1.807, 2.05) is 0 Å². The van der Waals surface area contributed by atoms with Crippen molar-refractivity contribution in [1.29, 1.82) is 0 Å². The molecular formula is C7H10F3Sn. The molecule has 0 atom stereocenters. The van der Waals surface area contributed by atoms with Crippen molar-refractivity contribution in [1.82, 2.24) is 0 Å². The molecule has 0 saturated carbocycles. The average molecular weight is 270 g/mol. The van der Waals surface area contributed by atoms with E-state index in [9.17, 15) is 0 Å². The summed E-state index contributed by atoms with van der Waals surface area (Å²) in [6.07, 6.45) is 0. The summed E-state index contributed by atoms with van der Waals surface area (Å²) in [6, 6.07) is 10.5. The number of benzene rings is 1. The van der Waals surface area contributed by atoms with Crippen LogP contribution in [0.4, 0.5) is 14.1 Å². The number of hydrogen-bond donors (Lipinski definition) is 0. The van der Waals surface area contributed by atoms with E-state index in [-0.39, 0.29) is 14.1 Å². The molecule has 0 fully saturated rings. The summed E-state index contributed by atoms with van der Waals surface area (Å²) in [5.74, 6) is 0. The van der Waals surface area contributed by atoms with Gasteiger partial charge in [0.15, 0.2) is 0 Å². The van der Waals surface area contributed by atoms with Crippen LogP contribution in [0.5, 0.6) is 0 Å². The van der Waals surface area contributed by atoms with E-state index >= 15 is 0 Å². The summed E-state index contributed by atoms with van der Waals surface area (Å²) in [4.78, 5) is 0. The summed E-state index contributed by atoms with van der Waals surface area (Å²) in [5, 5.41) is 0. The van der Waals surface area contributed by atoms with Crippen LogP contribution in [0.2, 0.25) is 0 Å². The number of halogens is 3. The van der Waals surface area contributed by atoms with Gasteiger partial charge in [-0.2, -0.15) is 0 Å². The van der Waals surface area contributed by atoms with Gasteiger partial charge < -0.3 is 0 Å². The quantitative estimate of drug-likeness (QED) is 0.683. The Balaban J connectivity index is -0.000000213. The van der Waals surface area contributed by atoms with E-state index in [1.165, 1.54) is 10.0 Å². The first kappa shape index (κ1) is 17.1. The molecule has 3 radical (unpaired) electrons. The van der Waals surface area contributed by atoms with Crippen LogP contribution in [-0.2, 0) is 4.44 Å². The predicted molar refractivity (Wildman–Crippen MR) is 43.4 cm³/mol. The Morgan fingerprint density at radius 1 is 0.909 bits per heavy atom. The average Bonchev–Trinajstić information content (AvgIpc) is 1.90. The van der Waals surface area contributed by atoms with Gasteiger partial charge in [0.25, 0.3) is 0 Å². The van der Waals surface area contributed by atoms with Crippen molar-refractivity contribution in [3.8, 4) is 0 Å². The zero-order valence-electron chi connectivity index (χ0n) is 5.82. The Morgan fingerprint density at radius 3 is 1.64 bits per heavy atom. The van der Waals surface area contributed by atoms with Crippen LogP contribution < -0.4 is 0 Å². The van der Waals surface area contributed by atoms with E-state index in [4.69, 9.17) is 0 Å². The molecule has 0 bridgehead atoms. The van der Waals surface area contributed by atoms with Crippen LogP contribution in [0.15, 0.2) is 30.3 Å². The van der Waals surface area contributed by atoms with E-state index in [0.29, 0.717) is 0 Å². The molecule has 11 heavy (non-hydrogen) atoms. The summed E-state index contributed by atoms with van der Waals surface area (Å²) in [5.41, 5.74) is 1.45. The van der Waals surface area contributed by atoms with E-state index in [1.54, 1.807) is 22.5 Å². The third-order valence-corrected chi connectivity index (χ3v) is 2.21. The molecular weight excluding hydrogens is 260 g/mol. The molecule has 0 aromatic heterocycles. The van der Waals surface area contributed by atoms with Gasteiger partial charge in [0.1, 0.15) is 0 Å². The molecule has 0 amide bonds. The Morgan fingerprint density at radius 2 is 1.36 bits per heavy atom. The molecule has 0 unspecified atom stereocenters. The molecule has 0 aliphatic carbocycles. The molecule has 1 aromatic carbocycles. The van der Waals surface area contributed by atoms with Gasteiger partial charge in [0, 0.05) is 0 Å². The zero-order valence-corrected chi connectivity index (χ0v) is 8.67. The standard InChI is InChI=1S/C7H7.3FH.Sn/c1-7-5-3-2-4-6-7;;;;/h2-6H,1H2;3*1H;. The molecule has 63 valence electrons. The third-order valence-electron chi connectivity index (χ3n) is 1.05. The Bertz CT molecular complexity index is 155. The fourth-order valence-electron chi connectivity index (χ4n) is 0.596. The van der Waals surface area contributed by atoms with E-state index < -0.39 is 0 Å². The fourth-order valence-corrected chi connectivity index (χ4v) is 1.27. The SMILES string of the molecule is F.F.F.[Sn][CH2]c1ccccc1. The molecule has 0 saturated heterocycles. The number of hydrogen-bond acceptors (Lipinski definition) is 0. The molecule has 4 heteroatoms. The zero-order chi connectivity index (χ0) is 5.82. The van der Waals surface area contributed by atoms with Crippen molar-refractivity contribution < 1.29 is 14.1 Å². The first-order valence-corrected chi connectivity index (χ1v) is 4.64. The van der Waals surface area contributed by atoms with Crippen molar-refractivity contribution in [3.63, 3.8) is 0 Å². The monoisotopic (exact) mass is 271 g/mol. The maximum absolute atomic E-state index is 2.16. The summed E-state index contributed by atoms with van der Waals surface area (Å²) in [6.45, 7) is 0. The predicted octanol–water partition coefficient (Wildman–Crippen LogP) is 1.81. The van der Waals surface area contributed by atoms with Gasteiger partial charge in [-0.3, -0.25) is 14.1 Å². The van der Waals surface area contributed by atoms with Crippen molar-refractivity contribution in [3.05, 3.63) is 35.9 Å². The van der Waals surface area contributed by atoms with Gasteiger partial charge in [-0.15, -0.1) is 0 Å². The topological polar surface area (TPSA) is 0 Å². The van der Waals surface area contributed by atoms with E-state index in [0.717, 1.165) is 0 Å². The van der Waals surface area contributed by atoms with Crippen LogP contribution in [0, 0.1) is 0 Å². The summed E-state index contributed by atoms with van der Waals surface area (Å²) < 4.78 is 1.23. The first-order valence-electron chi connectivity index (χ1n) is 2.62. The molecule has 0 nitrogen and oxygen atoms in total. The normalized spacial score (nSPS) is 6.64. The minimum absolute atomic E-state index is 0. The first-order chi connectivity index (χ1) is 3.93. The summed E-state index contributed by atoms with van der Waals surface area (Å²) in [7, 11) is 0. The molecule has 0 N–H and O–H groups in total. The van der Waals surface area contributed by atoms with Gasteiger partial charge in [-0.05, 0) is 0 Å². The van der Waals surface area contributed by atoms with Gasteiger partial charge in [0.05, 0.1) is 0 Å². The van der Waals surface area contributed by atoms with Gasteiger partial charge in [-0.1, -0.05) is 0 Å². The van der Waals surface area contributed by atoms with Crippen LogP contribution in [0.25, 0.3) is 0 Å². The molecule has 0 aliphatic rings. The molecule has 0 spiro atoms. The Hall–Kier alpha value is -0.191. The van der Waals surface area contributed by atoms with Crippen LogP contribution in [-0.4, -0.2) is 22.5 Å². The molecule has 0 aliphatic heterocycles. The minimum atomic E-state index is 0. The van der Waals surface area contributed by atoms with Crippen LogP contribution in [0.1, 0.15) is 5.56 Å². The van der Waals surface area contributed by atoms with Crippen molar-refractivity contribution in [2.75, 3.05) is 0 Å². The van der Waals surface area contributed by atoms with Gasteiger partial charge in [0.2, 0.25) is 0 Å². The second-order valence-electron chi connectivity index (χ2n) is 1.66. The third kappa shape index (κ3) is 6.22. The maximum atomic E-state index is 2.16. The van der Waals surface area contributed by atoms with Crippen LogP contribution in [0.3, 0.4) is 0 Å². The van der Waals surface area contributed by atoms with E-state index in [2.05, 4.69) is 30.3 Å². The Kier molecular flexibility index (Phi) is 15.2. The molecule has 0 heterocycles. The van der Waals surface area contributed by atoms with Crippen molar-refractivity contribution >= 4 is 22.5 Å². The molecule has 1 rings (SSSR count). The second kappa shape index (κ2) is 9.81. The van der Waals surface area contributed by atoms with Crippen LogP contribution >= 0.6 is 0 Å². The Labute approximate surface area is 77.2 Å². The van der Waals surface area contributed by atoms with Crippen molar-refractivity contribution in [2.45, 2.75) is 4.44 Å². The van der Waals surface area contributed by atoms with Gasteiger partial charge >= 0.3 is 62.9 Å². The van der Waals surface area contributed by atoms with Crippen molar-refractivity contribution in [2.24, 2.45) is 0 Å². The van der Waals surface area contributed by atoms with Gasteiger partial charge in [-0.25, -0.2) is 0 Å². The summed E-state index contributed by atoms with van der Waals surface area (Å²) >= 11 is 1.59. The second-order valence-corrected chi connectivity index (χ2v) is 2.67. The number of rotatable bonds is 1. The fraction of sp³-hybridized carbons (Fsp3) is 0.143.